The van der Waals surface area contributed by atoms with Crippen molar-refractivity contribution in [2.45, 2.75) is 32.9 Å². The summed E-state index contributed by atoms with van der Waals surface area (Å²) in [7, 11) is 0. The molecule has 2 heterocycles. The number of nitrogens with zero attached hydrogens (tertiary/aromatic N) is 3. The summed E-state index contributed by atoms with van der Waals surface area (Å²) in [6, 6.07) is 6.51. The van der Waals surface area contributed by atoms with Gasteiger partial charge in [-0.1, -0.05) is 41.1 Å². The van der Waals surface area contributed by atoms with Crippen LogP contribution in [0.15, 0.2) is 36.9 Å². The van der Waals surface area contributed by atoms with E-state index in [1.165, 1.54) is 18.3 Å². The Kier molecular flexibility index (Phi) is 7.37. The summed E-state index contributed by atoms with van der Waals surface area (Å²) < 4.78 is 2.29. The van der Waals surface area contributed by atoms with Gasteiger partial charge in [-0.05, 0) is 36.8 Å². The first kappa shape index (κ1) is 22.9. The highest BCUT2D eigenvalue weighted by atomic mass is 35.5. The molecule has 2 aromatic heterocycles. The molecule has 3 N–H and O–H groups in total. The first-order chi connectivity index (χ1) is 14.8. The molecule has 3 rings (SSSR count). The van der Waals surface area contributed by atoms with Gasteiger partial charge in [0.25, 0.3) is 0 Å². The third-order valence-corrected chi connectivity index (χ3v) is 5.99. The molecule has 31 heavy (non-hydrogen) atoms. The summed E-state index contributed by atoms with van der Waals surface area (Å²) >= 11 is 12.5. The van der Waals surface area contributed by atoms with Crippen molar-refractivity contribution in [3.05, 3.63) is 58.0 Å². The molecule has 1 atom stereocenters. The molecule has 3 aromatic rings. The van der Waals surface area contributed by atoms with Gasteiger partial charge in [-0.25, -0.2) is 4.98 Å². The van der Waals surface area contributed by atoms with Crippen LogP contribution in [0.5, 0.6) is 0 Å². The molecule has 2 amide bonds. The van der Waals surface area contributed by atoms with E-state index in [4.69, 9.17) is 23.8 Å². The summed E-state index contributed by atoms with van der Waals surface area (Å²) in [4.78, 5) is 29.6. The Morgan fingerprint density at radius 1 is 1.39 bits per heavy atom. The third kappa shape index (κ3) is 5.66. The zero-order chi connectivity index (χ0) is 22.5. The van der Waals surface area contributed by atoms with Gasteiger partial charge in [0.1, 0.15) is 0 Å². The maximum atomic E-state index is 12.7. The first-order valence-electron chi connectivity index (χ1n) is 9.34. The number of hydrogen-bond donors (Lipinski definition) is 3. The van der Waals surface area contributed by atoms with E-state index in [0.717, 1.165) is 16.1 Å². The van der Waals surface area contributed by atoms with Crippen LogP contribution >= 0.6 is 35.2 Å². The molecule has 0 radical (unpaired) electrons. The molecule has 1 unspecified atom stereocenters. The van der Waals surface area contributed by atoms with Crippen molar-refractivity contribution in [2.75, 3.05) is 5.32 Å². The van der Waals surface area contributed by atoms with Crippen LogP contribution in [-0.4, -0.2) is 31.6 Å². The summed E-state index contributed by atoms with van der Waals surface area (Å²) in [6.07, 6.45) is 1.77. The van der Waals surface area contributed by atoms with Crippen LogP contribution in [-0.2, 0) is 16.1 Å². The molecule has 0 spiro atoms. The summed E-state index contributed by atoms with van der Waals surface area (Å²) in [5, 5.41) is 13.7. The van der Waals surface area contributed by atoms with Crippen LogP contribution in [0.25, 0.3) is 10.7 Å². The van der Waals surface area contributed by atoms with E-state index in [1.807, 2.05) is 11.5 Å². The van der Waals surface area contributed by atoms with E-state index in [1.54, 1.807) is 30.3 Å². The zero-order valence-corrected chi connectivity index (χ0v) is 19.3. The first-order valence-corrected chi connectivity index (χ1v) is 10.9. The molecule has 0 bridgehead atoms. The average Bonchev–Trinajstić information content (AvgIpc) is 3.24. The van der Waals surface area contributed by atoms with Gasteiger partial charge < -0.3 is 10.6 Å². The second-order valence-corrected chi connectivity index (χ2v) is 8.56. The predicted molar refractivity (Wildman–Crippen MR) is 125 cm³/mol. The number of hydrogen-bond acceptors (Lipinski definition) is 6. The number of nitrogens with one attached hydrogen (secondary N) is 3. The fourth-order valence-electron chi connectivity index (χ4n) is 3.00. The van der Waals surface area contributed by atoms with E-state index in [-0.39, 0.29) is 18.2 Å². The lowest BCUT2D eigenvalue weighted by molar-refractivity contribution is -0.120. The van der Waals surface area contributed by atoms with Gasteiger partial charge in [-0.15, -0.1) is 6.58 Å². The molecule has 1 aromatic carbocycles. The quantitative estimate of drug-likeness (QED) is 0.330. The lowest BCUT2D eigenvalue weighted by Gasteiger charge is -2.17. The van der Waals surface area contributed by atoms with Crippen LogP contribution in [0, 0.1) is 11.7 Å². The maximum absolute atomic E-state index is 12.7. The standard InChI is InChI=1S/C20H21ClN6O2S2/c1-4-9-27-18(25-26-20(27)30)17-11(2)22-19(31-17)24-16(29)10-15(23-12(3)28)13-5-7-14(21)8-6-13/h4-8,15H,1,9-10H2,2-3H3,(H,23,28)(H,26,30)(H,22,24,29). The fourth-order valence-corrected chi connectivity index (χ4v) is 4.31. The number of benzene rings is 1. The highest BCUT2D eigenvalue weighted by Gasteiger charge is 2.20. The molecular formula is C20H21ClN6O2S2. The number of H-pyrrole nitrogens is 1. The Labute approximate surface area is 193 Å². The monoisotopic (exact) mass is 476 g/mol. The highest BCUT2D eigenvalue weighted by molar-refractivity contribution is 7.71. The van der Waals surface area contributed by atoms with Crippen LogP contribution in [0.4, 0.5) is 5.13 Å². The number of aryl methyl sites for hydroxylation is 1. The van der Waals surface area contributed by atoms with Crippen LogP contribution in [0.2, 0.25) is 5.02 Å². The van der Waals surface area contributed by atoms with E-state index >= 15 is 0 Å². The number of anilines is 1. The minimum atomic E-state index is -0.487. The second kappa shape index (κ2) is 9.99. The molecular weight excluding hydrogens is 456 g/mol. The number of carbonyl (C=O) groups is 2. The summed E-state index contributed by atoms with van der Waals surface area (Å²) in [6.45, 7) is 7.49. The molecule has 0 aliphatic rings. The molecule has 0 fully saturated rings. The topological polar surface area (TPSA) is 105 Å². The number of aromatic amines is 1. The largest absolute Gasteiger partial charge is 0.349 e. The van der Waals surface area contributed by atoms with E-state index < -0.39 is 6.04 Å². The SMILES string of the molecule is C=CCn1c(-c2sc(NC(=O)CC(NC(C)=O)c3ccc(Cl)cc3)nc2C)n[nH]c1=S. The summed E-state index contributed by atoms with van der Waals surface area (Å²) in [5.41, 5.74) is 1.50. The van der Waals surface area contributed by atoms with E-state index in [0.29, 0.717) is 27.3 Å². The van der Waals surface area contributed by atoms with Crippen LogP contribution in [0.1, 0.15) is 30.6 Å². The number of carbonyl (C=O) groups excluding carboxylic acids is 2. The Bertz CT molecular complexity index is 1170. The van der Waals surface area contributed by atoms with Gasteiger partial charge >= 0.3 is 0 Å². The highest BCUT2D eigenvalue weighted by Crippen LogP contribution is 2.32. The second-order valence-electron chi connectivity index (χ2n) is 6.74. The minimum Gasteiger partial charge on any atom is -0.349 e. The molecule has 0 saturated heterocycles. The van der Waals surface area contributed by atoms with Gasteiger partial charge in [0.05, 0.1) is 23.0 Å². The lowest BCUT2D eigenvalue weighted by atomic mass is 10.0. The molecule has 0 saturated carbocycles. The molecule has 162 valence electrons. The maximum Gasteiger partial charge on any atom is 0.228 e. The van der Waals surface area contributed by atoms with Gasteiger partial charge in [0, 0.05) is 18.5 Å². The fraction of sp³-hybridized carbons (Fsp3) is 0.250. The van der Waals surface area contributed by atoms with Gasteiger partial charge in [-0.3, -0.25) is 19.3 Å². The number of halogens is 1. The van der Waals surface area contributed by atoms with Crippen molar-refractivity contribution in [2.24, 2.45) is 0 Å². The van der Waals surface area contributed by atoms with E-state index in [2.05, 4.69) is 32.4 Å². The van der Waals surface area contributed by atoms with Crippen molar-refractivity contribution in [3.63, 3.8) is 0 Å². The number of thiazole rings is 1. The zero-order valence-electron chi connectivity index (χ0n) is 16.9. The third-order valence-electron chi connectivity index (χ3n) is 4.36. The van der Waals surface area contributed by atoms with Crippen molar-refractivity contribution in [1.82, 2.24) is 25.1 Å². The smallest absolute Gasteiger partial charge is 0.228 e. The lowest BCUT2D eigenvalue weighted by Crippen LogP contribution is -2.29. The van der Waals surface area contributed by atoms with Crippen LogP contribution in [0.3, 0.4) is 0 Å². The Hall–Kier alpha value is -2.82. The van der Waals surface area contributed by atoms with Gasteiger partial charge in [0.15, 0.2) is 15.7 Å². The van der Waals surface area contributed by atoms with Gasteiger partial charge in [-0.2, -0.15) is 5.10 Å². The number of allylic oxidation sites excluding steroid dienone is 1. The number of amides is 2. The van der Waals surface area contributed by atoms with Crippen molar-refractivity contribution >= 4 is 52.1 Å². The molecule has 11 heteroatoms. The number of aromatic nitrogens is 4. The predicted octanol–water partition coefficient (Wildman–Crippen LogP) is 4.42. The Balaban J connectivity index is 1.78. The van der Waals surface area contributed by atoms with E-state index in [9.17, 15) is 9.59 Å². The van der Waals surface area contributed by atoms with Gasteiger partial charge in [0.2, 0.25) is 11.8 Å². The molecule has 0 aliphatic carbocycles. The summed E-state index contributed by atoms with van der Waals surface area (Å²) in [5.74, 6) is 0.127. The Morgan fingerprint density at radius 2 is 2.10 bits per heavy atom. The van der Waals surface area contributed by atoms with Crippen LogP contribution < -0.4 is 10.6 Å². The van der Waals surface area contributed by atoms with Crippen molar-refractivity contribution < 1.29 is 9.59 Å². The average molecular weight is 477 g/mol. The molecule has 8 nitrogen and oxygen atoms in total. The minimum absolute atomic E-state index is 0.0460. The van der Waals surface area contributed by atoms with Crippen molar-refractivity contribution in [1.29, 1.82) is 0 Å². The van der Waals surface area contributed by atoms with Crippen molar-refractivity contribution in [3.8, 4) is 10.7 Å². The molecule has 0 aliphatic heterocycles. The number of rotatable bonds is 8. The normalized spacial score (nSPS) is 11.7. The Morgan fingerprint density at radius 3 is 2.74 bits per heavy atom.